The molecule has 1 unspecified atom stereocenters. The van der Waals surface area contributed by atoms with Crippen LogP contribution in [0.15, 0.2) is 11.0 Å². The number of alkyl halides is 1. The molecule has 1 rings (SSSR count). The van der Waals surface area contributed by atoms with Gasteiger partial charge in [0.1, 0.15) is 16.8 Å². The Morgan fingerprint density at radius 2 is 2.21 bits per heavy atom. The summed E-state index contributed by atoms with van der Waals surface area (Å²) in [5.41, 5.74) is -1.45. The summed E-state index contributed by atoms with van der Waals surface area (Å²) >= 11 is 16.8. The molecule has 0 aromatic carbocycles. The zero-order valence-corrected chi connectivity index (χ0v) is 9.05. The van der Waals surface area contributed by atoms with Crippen LogP contribution in [-0.4, -0.2) is 16.1 Å². The van der Waals surface area contributed by atoms with Crippen LogP contribution in [0.3, 0.4) is 0 Å². The van der Waals surface area contributed by atoms with E-state index in [-0.39, 0.29) is 16.5 Å². The van der Waals surface area contributed by atoms with Gasteiger partial charge < -0.3 is 4.79 Å². The maximum Gasteiger partial charge on any atom is 0.288 e. The molecule has 0 bridgehead atoms. The fraction of sp³-hybridized carbons (Fsp3) is 0.286. The Bertz CT molecular complexity index is 404. The molecule has 0 aliphatic carbocycles. The molecule has 0 fully saturated rings. The van der Waals surface area contributed by atoms with Crippen molar-refractivity contribution in [1.29, 1.82) is 0 Å². The fourth-order valence-corrected chi connectivity index (χ4v) is 1.28. The predicted octanol–water partition coefficient (Wildman–Crippen LogP) is 1.88. The van der Waals surface area contributed by atoms with Gasteiger partial charge in [-0.15, -0.1) is 0 Å². The second kappa shape index (κ2) is 4.77. The largest absolute Gasteiger partial charge is 0.303 e. The highest BCUT2D eigenvalue weighted by Gasteiger charge is 2.13. The van der Waals surface area contributed by atoms with Crippen LogP contribution in [0, 0.1) is 0 Å². The summed E-state index contributed by atoms with van der Waals surface area (Å²) in [7, 11) is 0. The Balaban J connectivity index is 3.17. The molecule has 1 heterocycles. The van der Waals surface area contributed by atoms with Crippen molar-refractivity contribution in [2.24, 2.45) is 0 Å². The highest BCUT2D eigenvalue weighted by Crippen LogP contribution is 2.18. The van der Waals surface area contributed by atoms with Crippen LogP contribution in [0.2, 0.25) is 10.0 Å². The minimum Gasteiger partial charge on any atom is -0.303 e. The smallest absolute Gasteiger partial charge is 0.288 e. The zero-order chi connectivity index (χ0) is 10.7. The lowest BCUT2D eigenvalue weighted by atomic mass is 10.4. The number of hydrogen-bond donors (Lipinski definition) is 0. The molecule has 1 aromatic rings. The Morgan fingerprint density at radius 3 is 2.79 bits per heavy atom. The number of carbonyl (C=O) groups is 1. The molecule has 0 aliphatic rings. The third kappa shape index (κ3) is 2.26. The minimum absolute atomic E-state index is 0.0214. The average molecular weight is 255 g/mol. The molecule has 0 saturated heterocycles. The van der Waals surface area contributed by atoms with E-state index < -0.39 is 11.1 Å². The van der Waals surface area contributed by atoms with Crippen molar-refractivity contribution in [2.45, 2.75) is 11.9 Å². The van der Waals surface area contributed by atoms with Gasteiger partial charge >= 0.3 is 0 Å². The van der Waals surface area contributed by atoms with E-state index in [4.69, 9.17) is 34.8 Å². The van der Waals surface area contributed by atoms with Gasteiger partial charge in [0.25, 0.3) is 5.56 Å². The van der Waals surface area contributed by atoms with Crippen LogP contribution >= 0.6 is 34.8 Å². The van der Waals surface area contributed by atoms with Gasteiger partial charge in [0.2, 0.25) is 0 Å². The van der Waals surface area contributed by atoms with Crippen molar-refractivity contribution in [1.82, 2.24) is 9.78 Å². The summed E-state index contributed by atoms with van der Waals surface area (Å²) in [6, 6.07) is 0. The van der Waals surface area contributed by atoms with Crippen LogP contribution in [0.1, 0.15) is 11.9 Å². The molecule has 1 atom stereocenters. The number of aromatic nitrogens is 2. The van der Waals surface area contributed by atoms with E-state index in [0.29, 0.717) is 6.29 Å². The number of carbonyl (C=O) groups excluding carboxylic acids is 1. The summed E-state index contributed by atoms with van der Waals surface area (Å²) in [5.74, 6) is 0. The normalized spacial score (nSPS) is 12.5. The van der Waals surface area contributed by atoms with Gasteiger partial charge in [-0.05, 0) is 0 Å². The molecule has 7 heteroatoms. The SMILES string of the molecule is O=CCC(Cl)n1ncc(Cl)c(Cl)c1=O. The van der Waals surface area contributed by atoms with Crippen molar-refractivity contribution < 1.29 is 4.79 Å². The van der Waals surface area contributed by atoms with Crippen molar-refractivity contribution in [2.75, 3.05) is 0 Å². The number of nitrogens with zero attached hydrogens (tertiary/aromatic N) is 2. The maximum absolute atomic E-state index is 11.4. The van der Waals surface area contributed by atoms with E-state index in [1.54, 1.807) is 0 Å². The predicted molar refractivity (Wildman–Crippen MR) is 54.1 cm³/mol. The summed E-state index contributed by atoms with van der Waals surface area (Å²) in [4.78, 5) is 21.6. The first-order chi connectivity index (χ1) is 6.57. The molecule has 0 saturated carbocycles. The van der Waals surface area contributed by atoms with E-state index in [2.05, 4.69) is 5.10 Å². The molecular formula is C7H5Cl3N2O2. The average Bonchev–Trinajstić information content (AvgIpc) is 2.15. The lowest BCUT2D eigenvalue weighted by Gasteiger charge is -2.08. The van der Waals surface area contributed by atoms with Crippen LogP contribution < -0.4 is 5.56 Å². The highest BCUT2D eigenvalue weighted by atomic mass is 35.5. The minimum atomic E-state index is -0.838. The Hall–Kier alpha value is -0.580. The van der Waals surface area contributed by atoms with Gasteiger partial charge in [-0.2, -0.15) is 5.10 Å². The van der Waals surface area contributed by atoms with Crippen LogP contribution in [0.5, 0.6) is 0 Å². The highest BCUT2D eigenvalue weighted by molar-refractivity contribution is 6.41. The van der Waals surface area contributed by atoms with E-state index in [1.165, 1.54) is 6.20 Å². The van der Waals surface area contributed by atoms with E-state index in [1.807, 2.05) is 0 Å². The number of rotatable bonds is 3. The molecule has 0 amide bonds. The maximum atomic E-state index is 11.4. The first-order valence-corrected chi connectivity index (χ1v) is 4.77. The lowest BCUT2D eigenvalue weighted by Crippen LogP contribution is -2.25. The van der Waals surface area contributed by atoms with Gasteiger partial charge in [0.05, 0.1) is 11.2 Å². The third-order valence-corrected chi connectivity index (χ3v) is 2.57. The third-order valence-electron chi connectivity index (χ3n) is 1.46. The van der Waals surface area contributed by atoms with Gasteiger partial charge in [-0.25, -0.2) is 4.68 Å². The second-order valence-corrected chi connectivity index (χ2v) is 3.68. The number of hydrogen-bond acceptors (Lipinski definition) is 3. The van der Waals surface area contributed by atoms with Crippen LogP contribution in [0.4, 0.5) is 0 Å². The standard InChI is InChI=1S/C7H5Cl3N2O2/c8-4-3-11-12(5(9)1-2-13)7(14)6(4)10/h2-3,5H,1H2. The topological polar surface area (TPSA) is 52.0 Å². The summed E-state index contributed by atoms with van der Waals surface area (Å²) in [6.07, 6.45) is 1.77. The Kier molecular flexibility index (Phi) is 3.92. The quantitative estimate of drug-likeness (QED) is 0.612. The van der Waals surface area contributed by atoms with E-state index in [9.17, 15) is 9.59 Å². The summed E-state index contributed by atoms with van der Waals surface area (Å²) < 4.78 is 0.907. The van der Waals surface area contributed by atoms with Crippen molar-refractivity contribution in [3.05, 3.63) is 26.6 Å². The molecule has 0 N–H and O–H groups in total. The van der Waals surface area contributed by atoms with Crippen molar-refractivity contribution >= 4 is 41.1 Å². The molecule has 1 aromatic heterocycles. The van der Waals surface area contributed by atoms with Crippen LogP contribution in [0.25, 0.3) is 0 Å². The second-order valence-electron chi connectivity index (χ2n) is 2.39. The Labute approximate surface area is 94.4 Å². The fourth-order valence-electron chi connectivity index (χ4n) is 0.804. The van der Waals surface area contributed by atoms with Gasteiger partial charge in [-0.1, -0.05) is 34.8 Å². The lowest BCUT2D eigenvalue weighted by molar-refractivity contribution is -0.108. The van der Waals surface area contributed by atoms with Gasteiger partial charge in [0.15, 0.2) is 0 Å². The van der Waals surface area contributed by atoms with Gasteiger partial charge in [0, 0.05) is 6.42 Å². The van der Waals surface area contributed by atoms with Crippen molar-refractivity contribution in [3.63, 3.8) is 0 Å². The first kappa shape index (κ1) is 11.5. The van der Waals surface area contributed by atoms with Crippen molar-refractivity contribution in [3.8, 4) is 0 Å². The number of halogens is 3. The van der Waals surface area contributed by atoms with E-state index in [0.717, 1.165) is 4.68 Å². The molecule has 76 valence electrons. The zero-order valence-electron chi connectivity index (χ0n) is 6.78. The molecule has 14 heavy (non-hydrogen) atoms. The van der Waals surface area contributed by atoms with Crippen LogP contribution in [-0.2, 0) is 4.79 Å². The molecular weight excluding hydrogens is 250 g/mol. The summed E-state index contributed by atoms with van der Waals surface area (Å²) in [5, 5.41) is 3.56. The molecule has 0 aliphatic heterocycles. The van der Waals surface area contributed by atoms with Gasteiger partial charge in [-0.3, -0.25) is 4.79 Å². The first-order valence-electron chi connectivity index (χ1n) is 3.58. The molecule has 0 spiro atoms. The van der Waals surface area contributed by atoms with E-state index >= 15 is 0 Å². The monoisotopic (exact) mass is 254 g/mol. The Morgan fingerprint density at radius 1 is 1.57 bits per heavy atom. The molecule has 0 radical (unpaired) electrons. The number of aldehydes is 1. The molecule has 4 nitrogen and oxygen atoms in total. The summed E-state index contributed by atoms with van der Waals surface area (Å²) in [6.45, 7) is 0.